The molecule has 1 aliphatic heterocycles. The Morgan fingerprint density at radius 3 is 2.87 bits per heavy atom. The van der Waals surface area contributed by atoms with E-state index in [-0.39, 0.29) is 24.1 Å². The molecule has 0 unspecified atom stereocenters. The second kappa shape index (κ2) is 8.85. The third-order valence-corrected chi connectivity index (χ3v) is 5.72. The number of aromatic nitrogens is 4. The van der Waals surface area contributed by atoms with E-state index in [2.05, 4.69) is 15.1 Å². The zero-order valence-corrected chi connectivity index (χ0v) is 18.1. The number of amides is 1. The quantitative estimate of drug-likeness (QED) is 0.618. The Morgan fingerprint density at radius 1 is 1.35 bits per heavy atom. The van der Waals surface area contributed by atoms with Crippen LogP contribution in [0.3, 0.4) is 0 Å². The van der Waals surface area contributed by atoms with E-state index in [0.29, 0.717) is 29.9 Å². The number of hydrogen-bond acceptors (Lipinski definition) is 5. The summed E-state index contributed by atoms with van der Waals surface area (Å²) in [6, 6.07) is 7.18. The number of aromatic amines is 1. The van der Waals surface area contributed by atoms with E-state index < -0.39 is 0 Å². The molecule has 0 bridgehead atoms. The van der Waals surface area contributed by atoms with Gasteiger partial charge in [-0.1, -0.05) is 12.1 Å². The number of carbonyl (C=O) groups excluding carboxylic acids is 1. The minimum atomic E-state index is -0.206. The Morgan fingerprint density at radius 2 is 2.16 bits per heavy atom. The number of nitrogens with zero attached hydrogens (tertiary/aromatic N) is 4. The van der Waals surface area contributed by atoms with Crippen molar-refractivity contribution in [1.82, 2.24) is 24.6 Å². The number of rotatable bonds is 6. The summed E-state index contributed by atoms with van der Waals surface area (Å²) in [5.41, 5.74) is 3.21. The molecular weight excluding hydrogens is 394 g/mol. The fourth-order valence-electron chi connectivity index (χ4n) is 3.95. The van der Waals surface area contributed by atoms with Crippen LogP contribution in [-0.4, -0.2) is 49.8 Å². The van der Waals surface area contributed by atoms with Gasteiger partial charge in [-0.2, -0.15) is 5.10 Å². The Kier molecular flexibility index (Phi) is 5.99. The number of hydrogen-bond donors (Lipinski definition) is 1. The van der Waals surface area contributed by atoms with Gasteiger partial charge in [0.2, 0.25) is 5.91 Å². The number of fused-ring (bicyclic) bond motifs is 1. The van der Waals surface area contributed by atoms with E-state index in [1.165, 1.54) is 0 Å². The summed E-state index contributed by atoms with van der Waals surface area (Å²) < 4.78 is 7.54. The Hall–Kier alpha value is -3.26. The van der Waals surface area contributed by atoms with Crippen molar-refractivity contribution in [3.8, 4) is 0 Å². The molecule has 0 radical (unpaired) electrons. The second-order valence-corrected chi connectivity index (χ2v) is 7.92. The number of nitrogens with one attached hydrogen (secondary N) is 1. The first kappa shape index (κ1) is 21.0. The topological polar surface area (TPSA) is 93.1 Å². The van der Waals surface area contributed by atoms with Gasteiger partial charge in [0.1, 0.15) is 5.82 Å². The zero-order valence-electron chi connectivity index (χ0n) is 18.1. The molecule has 162 valence electrons. The van der Waals surface area contributed by atoms with Crippen LogP contribution in [0.2, 0.25) is 0 Å². The highest BCUT2D eigenvalue weighted by molar-refractivity contribution is 5.92. The first-order valence-corrected chi connectivity index (χ1v) is 10.5. The highest BCUT2D eigenvalue weighted by Crippen LogP contribution is 2.17. The van der Waals surface area contributed by atoms with Crippen molar-refractivity contribution in [1.29, 1.82) is 0 Å². The van der Waals surface area contributed by atoms with Crippen LogP contribution in [-0.2, 0) is 23.1 Å². The van der Waals surface area contributed by atoms with E-state index in [1.54, 1.807) is 39.9 Å². The summed E-state index contributed by atoms with van der Waals surface area (Å²) in [5.74, 6) is 0.297. The molecule has 1 saturated heterocycles. The maximum absolute atomic E-state index is 13.1. The molecule has 1 aromatic carbocycles. The zero-order chi connectivity index (χ0) is 22.0. The standard InChI is InChI=1S/C23H27N5O3/c1-15-18(16(2)27(3)26-15)10-11-22(29)28(13-17-7-6-12-31-17)14-21-24-20-9-5-4-8-19(20)23(30)25-21/h4-5,8-11,17H,6-7,12-14H2,1-3H3,(H,24,25,30)/b11-10+/t17-/m1/s1. The lowest BCUT2D eigenvalue weighted by molar-refractivity contribution is -0.128. The Balaban J connectivity index is 1.60. The van der Waals surface area contributed by atoms with Gasteiger partial charge in [0.15, 0.2) is 0 Å². The first-order chi connectivity index (χ1) is 14.9. The molecule has 0 saturated carbocycles. The highest BCUT2D eigenvalue weighted by atomic mass is 16.5. The van der Waals surface area contributed by atoms with E-state index in [9.17, 15) is 9.59 Å². The van der Waals surface area contributed by atoms with Gasteiger partial charge in [-0.25, -0.2) is 4.98 Å². The van der Waals surface area contributed by atoms with E-state index in [4.69, 9.17) is 4.74 Å². The van der Waals surface area contributed by atoms with Crippen LogP contribution in [0.5, 0.6) is 0 Å². The number of carbonyl (C=O) groups is 1. The molecule has 3 heterocycles. The molecule has 1 fully saturated rings. The minimum Gasteiger partial charge on any atom is -0.376 e. The van der Waals surface area contributed by atoms with Gasteiger partial charge in [-0.05, 0) is 44.9 Å². The second-order valence-electron chi connectivity index (χ2n) is 7.92. The Bertz CT molecular complexity index is 1190. The predicted molar refractivity (Wildman–Crippen MR) is 118 cm³/mol. The van der Waals surface area contributed by atoms with Crippen molar-refractivity contribution in [2.75, 3.05) is 13.2 Å². The largest absolute Gasteiger partial charge is 0.376 e. The molecule has 3 aromatic rings. The van der Waals surface area contributed by atoms with Crippen molar-refractivity contribution in [3.63, 3.8) is 0 Å². The van der Waals surface area contributed by atoms with Crippen LogP contribution in [0.4, 0.5) is 0 Å². The maximum Gasteiger partial charge on any atom is 0.258 e. The SMILES string of the molecule is Cc1nn(C)c(C)c1/C=C/C(=O)N(Cc1nc2ccccc2c(=O)[nH]1)C[C@H]1CCCO1. The third kappa shape index (κ3) is 4.59. The third-order valence-electron chi connectivity index (χ3n) is 5.72. The number of benzene rings is 1. The van der Waals surface area contributed by atoms with Gasteiger partial charge >= 0.3 is 0 Å². The van der Waals surface area contributed by atoms with Crippen LogP contribution in [0.15, 0.2) is 35.1 Å². The summed E-state index contributed by atoms with van der Waals surface area (Å²) in [6.07, 6.45) is 5.26. The molecule has 8 heteroatoms. The van der Waals surface area contributed by atoms with Crippen molar-refractivity contribution in [3.05, 3.63) is 63.5 Å². The van der Waals surface area contributed by atoms with E-state index in [0.717, 1.165) is 29.8 Å². The monoisotopic (exact) mass is 421 g/mol. The average Bonchev–Trinajstić information content (AvgIpc) is 3.34. The van der Waals surface area contributed by atoms with Crippen LogP contribution in [0, 0.1) is 13.8 Å². The number of H-pyrrole nitrogens is 1. The van der Waals surface area contributed by atoms with Crippen LogP contribution >= 0.6 is 0 Å². The highest BCUT2D eigenvalue weighted by Gasteiger charge is 2.23. The molecule has 1 amide bonds. The summed E-state index contributed by atoms with van der Waals surface area (Å²) in [5, 5.41) is 4.93. The fraction of sp³-hybridized carbons (Fsp3) is 0.391. The van der Waals surface area contributed by atoms with E-state index >= 15 is 0 Å². The molecule has 1 atom stereocenters. The fourth-order valence-corrected chi connectivity index (χ4v) is 3.95. The van der Waals surface area contributed by atoms with Gasteiger partial charge in [-0.3, -0.25) is 14.3 Å². The molecular formula is C23H27N5O3. The lowest BCUT2D eigenvalue weighted by Crippen LogP contribution is -2.37. The van der Waals surface area contributed by atoms with E-state index in [1.807, 2.05) is 27.0 Å². The van der Waals surface area contributed by atoms with Crippen molar-refractivity contribution in [2.45, 2.75) is 39.3 Å². The van der Waals surface area contributed by atoms with Gasteiger partial charge in [-0.15, -0.1) is 0 Å². The smallest absolute Gasteiger partial charge is 0.258 e. The summed E-state index contributed by atoms with van der Waals surface area (Å²) in [7, 11) is 1.88. The van der Waals surface area contributed by atoms with Crippen molar-refractivity contribution >= 4 is 22.9 Å². The molecule has 1 N–H and O–H groups in total. The van der Waals surface area contributed by atoms with Crippen molar-refractivity contribution < 1.29 is 9.53 Å². The minimum absolute atomic E-state index is 0.00797. The lowest BCUT2D eigenvalue weighted by atomic mass is 10.1. The van der Waals surface area contributed by atoms with Crippen LogP contribution < -0.4 is 5.56 Å². The average molecular weight is 422 g/mol. The van der Waals surface area contributed by atoms with Crippen LogP contribution in [0.25, 0.3) is 17.0 Å². The first-order valence-electron chi connectivity index (χ1n) is 10.5. The molecule has 4 rings (SSSR count). The van der Waals surface area contributed by atoms with Gasteiger partial charge < -0.3 is 14.6 Å². The lowest BCUT2D eigenvalue weighted by Gasteiger charge is -2.24. The summed E-state index contributed by atoms with van der Waals surface area (Å²) >= 11 is 0. The molecule has 1 aliphatic rings. The molecule has 0 spiro atoms. The predicted octanol–water partition coefficient (Wildman–Crippen LogP) is 2.49. The van der Waals surface area contributed by atoms with Gasteiger partial charge in [0, 0.05) is 37.5 Å². The Labute approximate surface area is 180 Å². The number of para-hydroxylation sites is 1. The molecule has 8 nitrogen and oxygen atoms in total. The molecule has 31 heavy (non-hydrogen) atoms. The molecule has 2 aromatic heterocycles. The molecule has 0 aliphatic carbocycles. The van der Waals surface area contributed by atoms with Gasteiger partial charge in [0.25, 0.3) is 5.56 Å². The summed E-state index contributed by atoms with van der Waals surface area (Å²) in [6.45, 7) is 5.25. The maximum atomic E-state index is 13.1. The normalized spacial score (nSPS) is 16.4. The number of ether oxygens (including phenoxy) is 1. The van der Waals surface area contributed by atoms with Crippen LogP contribution in [0.1, 0.15) is 35.6 Å². The number of aryl methyl sites for hydroxylation is 2. The summed E-state index contributed by atoms with van der Waals surface area (Å²) in [4.78, 5) is 34.6. The van der Waals surface area contributed by atoms with Gasteiger partial charge in [0.05, 0.1) is 29.2 Å². The van der Waals surface area contributed by atoms with Crippen molar-refractivity contribution in [2.24, 2.45) is 7.05 Å².